The number of nitrogens with zero attached hydrogens (tertiary/aromatic N) is 2. The Morgan fingerprint density at radius 1 is 1.03 bits per heavy atom. The number of carbonyl (C=O) groups is 1. The van der Waals surface area contributed by atoms with Gasteiger partial charge in [0.25, 0.3) is 0 Å². The number of pyridine rings is 1. The molecule has 0 amide bonds. The predicted octanol–water partition coefficient (Wildman–Crippen LogP) is 4.50. The zero-order valence-corrected chi connectivity index (χ0v) is 17.8. The summed E-state index contributed by atoms with van der Waals surface area (Å²) in [5.41, 5.74) is 10.2. The summed E-state index contributed by atoms with van der Waals surface area (Å²) in [4.78, 5) is 18.5. The van der Waals surface area contributed by atoms with Gasteiger partial charge >= 0.3 is 5.97 Å². The van der Waals surface area contributed by atoms with Gasteiger partial charge in [-0.15, -0.1) is 0 Å². The lowest BCUT2D eigenvalue weighted by Crippen LogP contribution is -2.34. The topological polar surface area (TPSA) is 88.7 Å². The number of aromatic nitrogens is 1. The fourth-order valence-corrected chi connectivity index (χ4v) is 4.01. The van der Waals surface area contributed by atoms with Crippen LogP contribution in [-0.4, -0.2) is 34.6 Å². The van der Waals surface area contributed by atoms with Crippen LogP contribution < -0.4 is 10.5 Å². The number of aliphatic carboxylic acids is 1. The SMILES string of the molecule is COc1nc2ccc(N)cc2cc1C(c1ccccc1)N(CC(=O)O)Cc1ccccc1. The van der Waals surface area contributed by atoms with Gasteiger partial charge in [0.15, 0.2) is 0 Å². The Labute approximate surface area is 186 Å². The third kappa shape index (κ3) is 4.71. The van der Waals surface area contributed by atoms with Crippen LogP contribution in [0, 0.1) is 0 Å². The molecule has 1 heterocycles. The van der Waals surface area contributed by atoms with Crippen molar-refractivity contribution in [2.75, 3.05) is 19.4 Å². The van der Waals surface area contributed by atoms with Crippen LogP contribution in [0.25, 0.3) is 10.9 Å². The lowest BCUT2D eigenvalue weighted by atomic mass is 9.95. The van der Waals surface area contributed by atoms with E-state index in [-0.39, 0.29) is 12.6 Å². The molecule has 4 aromatic rings. The molecule has 6 heteroatoms. The second-order valence-corrected chi connectivity index (χ2v) is 7.64. The Balaban J connectivity index is 1.90. The van der Waals surface area contributed by atoms with Crippen LogP contribution in [0.15, 0.2) is 84.9 Å². The molecule has 0 aliphatic rings. The fourth-order valence-electron chi connectivity index (χ4n) is 4.01. The Morgan fingerprint density at radius 3 is 2.38 bits per heavy atom. The number of rotatable bonds is 8. The largest absolute Gasteiger partial charge is 0.481 e. The Kier molecular flexibility index (Phi) is 6.33. The van der Waals surface area contributed by atoms with Gasteiger partial charge in [0.2, 0.25) is 5.88 Å². The normalized spacial score (nSPS) is 12.1. The van der Waals surface area contributed by atoms with E-state index in [9.17, 15) is 9.90 Å². The second kappa shape index (κ2) is 9.49. The van der Waals surface area contributed by atoms with Crippen LogP contribution >= 0.6 is 0 Å². The highest BCUT2D eigenvalue weighted by molar-refractivity contribution is 5.83. The van der Waals surface area contributed by atoms with E-state index in [4.69, 9.17) is 15.5 Å². The van der Waals surface area contributed by atoms with Gasteiger partial charge in [0.05, 0.1) is 25.2 Å². The van der Waals surface area contributed by atoms with E-state index in [1.807, 2.05) is 83.8 Å². The van der Waals surface area contributed by atoms with Gasteiger partial charge in [-0.25, -0.2) is 4.98 Å². The lowest BCUT2D eigenvalue weighted by molar-refractivity contribution is -0.138. The number of nitrogen functional groups attached to an aromatic ring is 1. The van der Waals surface area contributed by atoms with Crippen molar-refractivity contribution in [3.8, 4) is 5.88 Å². The lowest BCUT2D eigenvalue weighted by Gasteiger charge is -2.32. The summed E-state index contributed by atoms with van der Waals surface area (Å²) in [6, 6.07) is 26.8. The molecule has 4 rings (SSSR count). The number of fused-ring (bicyclic) bond motifs is 1. The highest BCUT2D eigenvalue weighted by atomic mass is 16.5. The van der Waals surface area contributed by atoms with Gasteiger partial charge in [0.1, 0.15) is 0 Å². The van der Waals surface area contributed by atoms with Crippen molar-refractivity contribution < 1.29 is 14.6 Å². The minimum absolute atomic E-state index is 0.146. The number of methoxy groups -OCH3 is 1. The van der Waals surface area contributed by atoms with Gasteiger partial charge in [-0.2, -0.15) is 0 Å². The average Bonchev–Trinajstić information content (AvgIpc) is 2.79. The first-order chi connectivity index (χ1) is 15.5. The van der Waals surface area contributed by atoms with E-state index >= 15 is 0 Å². The van der Waals surface area contributed by atoms with E-state index in [1.165, 1.54) is 0 Å². The standard InChI is InChI=1S/C26H25N3O3/c1-32-26-22(15-20-14-21(27)12-13-23(20)28-26)25(19-10-6-3-7-11-19)29(17-24(30)31)16-18-8-4-2-5-9-18/h2-15,25H,16-17,27H2,1H3,(H,30,31). The molecule has 0 bridgehead atoms. The monoisotopic (exact) mass is 427 g/mol. The van der Waals surface area contributed by atoms with E-state index in [2.05, 4.69) is 0 Å². The Hall–Kier alpha value is -3.90. The summed E-state index contributed by atoms with van der Waals surface area (Å²) in [6.07, 6.45) is 0. The molecule has 3 aromatic carbocycles. The van der Waals surface area contributed by atoms with Crippen molar-refractivity contribution in [2.24, 2.45) is 0 Å². The zero-order chi connectivity index (χ0) is 22.5. The molecule has 32 heavy (non-hydrogen) atoms. The number of nitrogens with two attached hydrogens (primary N) is 1. The highest BCUT2D eigenvalue weighted by Gasteiger charge is 2.28. The number of ether oxygens (including phenoxy) is 1. The molecule has 1 atom stereocenters. The average molecular weight is 428 g/mol. The molecule has 1 aromatic heterocycles. The van der Waals surface area contributed by atoms with E-state index in [1.54, 1.807) is 13.2 Å². The Morgan fingerprint density at radius 2 is 1.72 bits per heavy atom. The number of carboxylic acid groups (broad SMARTS) is 1. The summed E-state index contributed by atoms with van der Waals surface area (Å²) in [7, 11) is 1.58. The second-order valence-electron chi connectivity index (χ2n) is 7.64. The summed E-state index contributed by atoms with van der Waals surface area (Å²) < 4.78 is 5.68. The molecule has 6 nitrogen and oxygen atoms in total. The van der Waals surface area contributed by atoms with Gasteiger partial charge in [-0.05, 0) is 35.4 Å². The molecule has 1 unspecified atom stereocenters. The van der Waals surface area contributed by atoms with Gasteiger partial charge < -0.3 is 15.6 Å². The molecular weight excluding hydrogens is 402 g/mol. The minimum atomic E-state index is -0.904. The van der Waals surface area contributed by atoms with Crippen LogP contribution in [-0.2, 0) is 11.3 Å². The number of benzene rings is 3. The third-order valence-corrected chi connectivity index (χ3v) is 5.37. The van der Waals surface area contributed by atoms with Crippen molar-refractivity contribution in [1.82, 2.24) is 9.88 Å². The minimum Gasteiger partial charge on any atom is -0.481 e. The molecule has 0 saturated heterocycles. The summed E-state index contributed by atoms with van der Waals surface area (Å²) in [6.45, 7) is 0.303. The first-order valence-corrected chi connectivity index (χ1v) is 10.3. The van der Waals surface area contributed by atoms with Crippen LogP contribution in [0.2, 0.25) is 0 Å². The molecular formula is C26H25N3O3. The van der Waals surface area contributed by atoms with Gasteiger partial charge in [-0.3, -0.25) is 9.69 Å². The molecule has 0 aliphatic carbocycles. The van der Waals surface area contributed by atoms with E-state index < -0.39 is 5.97 Å². The molecule has 0 spiro atoms. The van der Waals surface area contributed by atoms with Gasteiger partial charge in [-0.1, -0.05) is 60.7 Å². The maximum absolute atomic E-state index is 11.9. The van der Waals surface area contributed by atoms with Crippen LogP contribution in [0.3, 0.4) is 0 Å². The molecule has 0 radical (unpaired) electrons. The number of hydrogen-bond acceptors (Lipinski definition) is 5. The van der Waals surface area contributed by atoms with Crippen molar-refractivity contribution in [3.63, 3.8) is 0 Å². The summed E-state index contributed by atoms with van der Waals surface area (Å²) >= 11 is 0. The fraction of sp³-hybridized carbons (Fsp3) is 0.154. The van der Waals surface area contributed by atoms with Crippen molar-refractivity contribution in [1.29, 1.82) is 0 Å². The molecule has 0 fully saturated rings. The van der Waals surface area contributed by atoms with Crippen molar-refractivity contribution in [2.45, 2.75) is 12.6 Å². The molecule has 162 valence electrons. The number of carboxylic acids is 1. The van der Waals surface area contributed by atoms with E-state index in [0.29, 0.717) is 18.1 Å². The Bertz CT molecular complexity index is 1210. The molecule has 3 N–H and O–H groups in total. The third-order valence-electron chi connectivity index (χ3n) is 5.37. The summed E-state index contributed by atoms with van der Waals surface area (Å²) in [5.74, 6) is -0.446. The smallest absolute Gasteiger partial charge is 0.317 e. The van der Waals surface area contributed by atoms with Crippen LogP contribution in [0.5, 0.6) is 5.88 Å². The number of hydrogen-bond donors (Lipinski definition) is 2. The van der Waals surface area contributed by atoms with Crippen molar-refractivity contribution in [3.05, 3.63) is 102 Å². The van der Waals surface area contributed by atoms with Gasteiger partial charge in [0, 0.05) is 23.2 Å². The maximum atomic E-state index is 11.9. The first-order valence-electron chi connectivity index (χ1n) is 10.3. The first kappa shape index (κ1) is 21.3. The summed E-state index contributed by atoms with van der Waals surface area (Å²) in [5, 5.41) is 10.6. The number of anilines is 1. The van der Waals surface area contributed by atoms with Crippen LogP contribution in [0.1, 0.15) is 22.7 Å². The highest BCUT2D eigenvalue weighted by Crippen LogP contribution is 2.37. The predicted molar refractivity (Wildman–Crippen MR) is 125 cm³/mol. The quantitative estimate of drug-likeness (QED) is 0.403. The van der Waals surface area contributed by atoms with Crippen molar-refractivity contribution >= 4 is 22.6 Å². The zero-order valence-electron chi connectivity index (χ0n) is 17.8. The molecule has 0 aliphatic heterocycles. The van der Waals surface area contributed by atoms with E-state index in [0.717, 1.165) is 27.6 Å². The maximum Gasteiger partial charge on any atom is 0.317 e. The molecule has 0 saturated carbocycles. The van der Waals surface area contributed by atoms with Crippen LogP contribution in [0.4, 0.5) is 5.69 Å².